The summed E-state index contributed by atoms with van der Waals surface area (Å²) in [5, 5.41) is 15.5. The number of hydrogen-bond acceptors (Lipinski definition) is 6. The molecule has 0 bridgehead atoms. The van der Waals surface area contributed by atoms with Crippen LogP contribution in [-0.4, -0.2) is 43.0 Å². The Kier molecular flexibility index (Phi) is 1.64. The van der Waals surface area contributed by atoms with E-state index in [1.165, 1.54) is 4.63 Å². The second kappa shape index (κ2) is 3.16. The van der Waals surface area contributed by atoms with Gasteiger partial charge < -0.3 is 0 Å². The Morgan fingerprint density at radius 3 is 2.78 bits per heavy atom. The van der Waals surface area contributed by atoms with Gasteiger partial charge in [-0.1, -0.05) is 34.0 Å². The second-order valence-corrected chi connectivity index (χ2v) is 3.90. The van der Waals surface area contributed by atoms with E-state index >= 15 is 0 Å². The number of rotatable bonds is 0. The molecule has 2 aromatic heterocycles. The van der Waals surface area contributed by atoms with Crippen LogP contribution in [0.2, 0.25) is 0 Å². The number of aliphatic imine (C=N–C) groups is 1. The minimum Gasteiger partial charge on any atom is -0.286 e. The summed E-state index contributed by atoms with van der Waals surface area (Å²) in [4.78, 5) is 8.71. The van der Waals surface area contributed by atoms with Gasteiger partial charge in [0.05, 0.1) is 5.71 Å². The van der Waals surface area contributed by atoms with Crippen LogP contribution in [0.1, 0.15) is 11.3 Å². The topological polar surface area (TPSA) is 81.2 Å². The smallest absolute Gasteiger partial charge is 0.286 e. The zero-order valence-corrected chi connectivity index (χ0v) is 9.44. The summed E-state index contributed by atoms with van der Waals surface area (Å²) in [6, 6.07) is 7.94. The molecule has 2 heterocycles. The molecule has 0 saturated heterocycles. The number of hydrogen-bond donors (Lipinski definition) is 0. The molecule has 7 heteroatoms. The molecule has 0 N–H and O–H groups in total. The summed E-state index contributed by atoms with van der Waals surface area (Å²) in [6.07, 6.45) is 0. The van der Waals surface area contributed by atoms with Gasteiger partial charge in [0.25, 0.3) is 5.78 Å². The summed E-state index contributed by atoms with van der Waals surface area (Å²) < 4.78 is 1.33. The van der Waals surface area contributed by atoms with Crippen molar-refractivity contribution in [3.63, 3.8) is 0 Å². The van der Waals surface area contributed by atoms with E-state index in [2.05, 4.69) is 30.6 Å². The molecule has 0 saturated carbocycles. The van der Waals surface area contributed by atoms with E-state index < -0.39 is 0 Å². The number of aromatic nitrogens is 6. The first kappa shape index (κ1) is 9.34. The maximum atomic E-state index is 4.42. The summed E-state index contributed by atoms with van der Waals surface area (Å²) in [5.41, 5.74) is 4.39. The highest BCUT2D eigenvalue weighted by Crippen LogP contribution is 2.33. The lowest BCUT2D eigenvalue weighted by molar-refractivity contribution is 0.729. The zero-order chi connectivity index (χ0) is 12.1. The molecule has 0 aliphatic heterocycles. The van der Waals surface area contributed by atoms with Crippen molar-refractivity contribution in [1.29, 1.82) is 0 Å². The summed E-state index contributed by atoms with van der Waals surface area (Å²) in [7, 11) is 1.75. The molecule has 1 aliphatic rings. The predicted molar refractivity (Wildman–Crippen MR) is 63.4 cm³/mol. The predicted octanol–water partition coefficient (Wildman–Crippen LogP) is 0.362. The van der Waals surface area contributed by atoms with Crippen LogP contribution in [0.5, 0.6) is 0 Å². The van der Waals surface area contributed by atoms with Crippen LogP contribution >= 0.6 is 0 Å². The molecular weight excluding hydrogens is 230 g/mol. The highest BCUT2D eigenvalue weighted by Gasteiger charge is 2.28. The molecule has 0 unspecified atom stereocenters. The van der Waals surface area contributed by atoms with Crippen molar-refractivity contribution in [3.05, 3.63) is 35.5 Å². The highest BCUT2D eigenvalue weighted by molar-refractivity contribution is 6.22. The lowest BCUT2D eigenvalue weighted by Gasteiger charge is -1.97. The molecule has 0 radical (unpaired) electrons. The Morgan fingerprint density at radius 1 is 1.11 bits per heavy atom. The van der Waals surface area contributed by atoms with Crippen molar-refractivity contribution in [1.82, 2.24) is 30.2 Å². The van der Waals surface area contributed by atoms with Crippen molar-refractivity contribution >= 4 is 11.5 Å². The molecule has 7 nitrogen and oxygen atoms in total. The third kappa shape index (κ3) is 1.03. The first-order chi connectivity index (χ1) is 8.88. The van der Waals surface area contributed by atoms with Gasteiger partial charge in [0.15, 0.2) is 0 Å². The Balaban J connectivity index is 2.16. The van der Waals surface area contributed by atoms with Gasteiger partial charge in [-0.15, -0.1) is 5.10 Å². The van der Waals surface area contributed by atoms with Crippen molar-refractivity contribution in [3.8, 4) is 11.3 Å². The van der Waals surface area contributed by atoms with Gasteiger partial charge >= 0.3 is 0 Å². The van der Waals surface area contributed by atoms with Crippen molar-refractivity contribution in [2.24, 2.45) is 4.99 Å². The second-order valence-electron chi connectivity index (χ2n) is 3.90. The van der Waals surface area contributed by atoms with Crippen LogP contribution in [0.4, 0.5) is 0 Å². The minimum atomic E-state index is 0.378. The van der Waals surface area contributed by atoms with E-state index in [4.69, 9.17) is 0 Å². The molecular formula is C11H7N7. The Bertz CT molecular complexity index is 802. The zero-order valence-electron chi connectivity index (χ0n) is 9.44. The normalized spacial score (nSPS) is 15.1. The fourth-order valence-corrected chi connectivity index (χ4v) is 2.20. The van der Waals surface area contributed by atoms with Crippen LogP contribution in [0.25, 0.3) is 17.0 Å². The van der Waals surface area contributed by atoms with Gasteiger partial charge in [-0.2, -0.15) is 0 Å². The third-order valence-electron chi connectivity index (χ3n) is 2.95. The van der Waals surface area contributed by atoms with Crippen molar-refractivity contribution in [2.45, 2.75) is 0 Å². The average molecular weight is 237 g/mol. The van der Waals surface area contributed by atoms with Gasteiger partial charge in [0, 0.05) is 18.2 Å². The van der Waals surface area contributed by atoms with Gasteiger partial charge in [-0.25, -0.2) is 4.98 Å². The molecule has 0 amide bonds. The molecule has 18 heavy (non-hydrogen) atoms. The molecule has 0 atom stereocenters. The number of tetrazole rings is 1. The standard InChI is InChI=1S/C11H7N7/c1-12-8-6-4-2-3-5-7(6)9-10(8)13-11-14-16-17-18(11)15-9/h2-5H,1H3/b12-8+. The largest absolute Gasteiger partial charge is 0.291 e. The van der Waals surface area contributed by atoms with Crippen LogP contribution < -0.4 is 0 Å². The van der Waals surface area contributed by atoms with E-state index in [9.17, 15) is 0 Å². The molecule has 86 valence electrons. The van der Waals surface area contributed by atoms with Crippen molar-refractivity contribution < 1.29 is 0 Å². The van der Waals surface area contributed by atoms with E-state index in [-0.39, 0.29) is 0 Å². The van der Waals surface area contributed by atoms with Gasteiger partial charge in [0.2, 0.25) is 0 Å². The van der Waals surface area contributed by atoms with Gasteiger partial charge in [0.1, 0.15) is 11.4 Å². The third-order valence-corrected chi connectivity index (χ3v) is 2.95. The Morgan fingerprint density at radius 2 is 1.94 bits per heavy atom. The fraction of sp³-hybridized carbons (Fsp3) is 0.0909. The quantitative estimate of drug-likeness (QED) is 0.441. The SMILES string of the molecule is C/N=C1\c2ccccc2-c2nn3nnnc3nc21. The molecule has 1 aromatic carbocycles. The first-order valence-corrected chi connectivity index (χ1v) is 5.42. The lowest BCUT2D eigenvalue weighted by atomic mass is 10.1. The summed E-state index contributed by atoms with van der Waals surface area (Å²) in [5.74, 6) is 0.378. The van der Waals surface area contributed by atoms with E-state index in [1.54, 1.807) is 7.05 Å². The maximum absolute atomic E-state index is 4.42. The molecule has 0 fully saturated rings. The highest BCUT2D eigenvalue weighted by atomic mass is 15.6. The van der Waals surface area contributed by atoms with Crippen molar-refractivity contribution in [2.75, 3.05) is 7.05 Å². The summed E-state index contributed by atoms with van der Waals surface area (Å²) in [6.45, 7) is 0. The maximum Gasteiger partial charge on any atom is 0.291 e. The Hall–Kier alpha value is -2.70. The molecule has 0 spiro atoms. The van der Waals surface area contributed by atoms with Crippen LogP contribution in [0.3, 0.4) is 0 Å². The van der Waals surface area contributed by atoms with E-state index in [0.717, 1.165) is 28.2 Å². The number of fused-ring (bicyclic) bond motifs is 4. The minimum absolute atomic E-state index is 0.378. The van der Waals surface area contributed by atoms with Crippen LogP contribution in [-0.2, 0) is 0 Å². The van der Waals surface area contributed by atoms with E-state index in [0.29, 0.717) is 5.78 Å². The van der Waals surface area contributed by atoms with E-state index in [1.807, 2.05) is 24.3 Å². The van der Waals surface area contributed by atoms with Crippen LogP contribution in [0, 0.1) is 0 Å². The monoisotopic (exact) mass is 237 g/mol. The first-order valence-electron chi connectivity index (χ1n) is 5.42. The molecule has 4 rings (SSSR count). The van der Waals surface area contributed by atoms with Crippen LogP contribution in [0.15, 0.2) is 29.3 Å². The average Bonchev–Trinajstić information content (AvgIpc) is 2.97. The summed E-state index contributed by atoms with van der Waals surface area (Å²) >= 11 is 0. The van der Waals surface area contributed by atoms with Gasteiger partial charge in [-0.05, 0) is 10.4 Å². The number of benzene rings is 1. The Labute approximate surface area is 101 Å². The molecule has 3 aromatic rings. The fourth-order valence-electron chi connectivity index (χ4n) is 2.20. The number of nitrogens with zero attached hydrogens (tertiary/aromatic N) is 7. The molecule has 1 aliphatic carbocycles. The lowest BCUT2D eigenvalue weighted by Crippen LogP contribution is -2.05. The van der Waals surface area contributed by atoms with Gasteiger partial charge in [-0.3, -0.25) is 4.99 Å².